The number of benzene rings is 2. The molecule has 9 heteroatoms. The van der Waals surface area contributed by atoms with Crippen molar-refractivity contribution in [1.29, 1.82) is 0 Å². The Labute approximate surface area is 200 Å². The minimum absolute atomic E-state index is 0.00669. The van der Waals surface area contributed by atoms with Crippen LogP contribution in [-0.4, -0.2) is 59.8 Å². The molecule has 3 aliphatic heterocycles. The van der Waals surface area contributed by atoms with Gasteiger partial charge in [0.2, 0.25) is 11.8 Å². The molecule has 0 saturated carbocycles. The molecule has 2 saturated heterocycles. The smallest absolute Gasteiger partial charge is 0.255 e. The Kier molecular flexibility index (Phi) is 5.33. The molecule has 178 valence electrons. The van der Waals surface area contributed by atoms with E-state index in [2.05, 4.69) is 5.32 Å². The van der Waals surface area contributed by atoms with Crippen LogP contribution in [0.4, 0.5) is 4.39 Å². The Balaban J connectivity index is 1.40. The summed E-state index contributed by atoms with van der Waals surface area (Å²) in [5, 5.41) is 2.11. The third kappa shape index (κ3) is 4.41. The topological polar surface area (TPSA) is 88.2 Å². The summed E-state index contributed by atoms with van der Waals surface area (Å²) < 4.78 is 52.2. The van der Waals surface area contributed by atoms with Crippen molar-refractivity contribution in [3.63, 3.8) is 0 Å². The maximum absolute atomic E-state index is 15.5. The Hall–Kier alpha value is -3.30. The number of imide groups is 1. The van der Waals surface area contributed by atoms with Crippen molar-refractivity contribution in [3.8, 4) is 5.75 Å². The van der Waals surface area contributed by atoms with Crippen LogP contribution in [0.5, 0.6) is 5.75 Å². The van der Waals surface area contributed by atoms with Gasteiger partial charge in [-0.05, 0) is 18.6 Å². The zero-order chi connectivity index (χ0) is 26.4. The molecule has 5 rings (SSSR count). The van der Waals surface area contributed by atoms with Gasteiger partial charge in [0.1, 0.15) is 24.1 Å². The molecule has 3 amide bonds. The predicted molar refractivity (Wildman–Crippen MR) is 119 cm³/mol. The SMILES string of the molecule is [2H]C([2H])(Oc1cccc2c1CN(C1([2H])CCC(=O)NC1=O)C2=O)c1cccc(CN2CCOCC2)c1F. The highest BCUT2D eigenvalue weighted by atomic mass is 19.1. The molecule has 2 aromatic carbocycles. The number of amides is 3. The second-order valence-corrected chi connectivity index (χ2v) is 8.37. The highest BCUT2D eigenvalue weighted by Crippen LogP contribution is 2.34. The first-order valence-electron chi connectivity index (χ1n) is 12.7. The van der Waals surface area contributed by atoms with Crippen LogP contribution < -0.4 is 10.1 Å². The van der Waals surface area contributed by atoms with Gasteiger partial charge in [-0.3, -0.25) is 24.6 Å². The van der Waals surface area contributed by atoms with E-state index in [1.54, 1.807) is 12.1 Å². The molecule has 0 aliphatic carbocycles. The highest BCUT2D eigenvalue weighted by molar-refractivity contribution is 6.05. The van der Waals surface area contributed by atoms with Crippen molar-refractivity contribution < 1.29 is 32.4 Å². The van der Waals surface area contributed by atoms with Crippen molar-refractivity contribution in [2.75, 3.05) is 26.3 Å². The molecule has 2 fully saturated rings. The summed E-state index contributed by atoms with van der Waals surface area (Å²) in [6, 6.07) is 6.97. The Bertz CT molecular complexity index is 1270. The molecule has 3 aliphatic rings. The first kappa shape index (κ1) is 19.1. The average molecular weight is 471 g/mol. The van der Waals surface area contributed by atoms with Crippen LogP contribution in [0.15, 0.2) is 36.4 Å². The van der Waals surface area contributed by atoms with Crippen LogP contribution in [0.1, 0.15) is 44.0 Å². The van der Waals surface area contributed by atoms with Gasteiger partial charge in [-0.25, -0.2) is 4.39 Å². The molecule has 0 radical (unpaired) electrons. The van der Waals surface area contributed by atoms with Crippen LogP contribution in [0.3, 0.4) is 0 Å². The van der Waals surface area contributed by atoms with Gasteiger partial charge in [-0.15, -0.1) is 0 Å². The molecule has 3 heterocycles. The lowest BCUT2D eigenvalue weighted by molar-refractivity contribution is -0.136. The zero-order valence-corrected chi connectivity index (χ0v) is 18.4. The molecule has 1 unspecified atom stereocenters. The summed E-state index contributed by atoms with van der Waals surface area (Å²) >= 11 is 0. The highest BCUT2D eigenvalue weighted by Gasteiger charge is 2.40. The van der Waals surface area contributed by atoms with Crippen LogP contribution in [0.2, 0.25) is 0 Å². The van der Waals surface area contributed by atoms with E-state index in [1.807, 2.05) is 4.90 Å². The molecule has 8 nitrogen and oxygen atoms in total. The molecule has 0 spiro atoms. The number of nitrogens with one attached hydrogen (secondary N) is 1. The van der Waals surface area contributed by atoms with Gasteiger partial charge in [0.25, 0.3) is 5.91 Å². The fraction of sp³-hybridized carbons (Fsp3) is 0.400. The van der Waals surface area contributed by atoms with Gasteiger partial charge in [-0.2, -0.15) is 0 Å². The number of morpholine rings is 1. The maximum atomic E-state index is 15.5. The average Bonchev–Trinajstić information content (AvgIpc) is 3.21. The minimum atomic E-state index is -2.58. The standard InChI is InChI=1S/C25H26FN3O5/c26-23-16(13-28-9-11-33-12-10-28)3-1-4-17(23)15-34-21-6-2-5-18-19(21)14-29(25(18)32)20-7-8-22(30)27-24(20)31/h1-6,20H,7-15H2,(H,27,30,31)/i15D2,20D. The first-order chi connectivity index (χ1) is 17.6. The number of hydrogen-bond donors (Lipinski definition) is 1. The van der Waals surface area contributed by atoms with Gasteiger partial charge < -0.3 is 14.4 Å². The fourth-order valence-electron chi connectivity index (χ4n) is 4.37. The van der Waals surface area contributed by atoms with Gasteiger partial charge in [0.05, 0.1) is 23.9 Å². The first-order valence-corrected chi connectivity index (χ1v) is 11.2. The number of hydrogen-bond acceptors (Lipinski definition) is 6. The van der Waals surface area contributed by atoms with E-state index in [9.17, 15) is 14.4 Å². The Morgan fingerprint density at radius 1 is 1.15 bits per heavy atom. The third-order valence-corrected chi connectivity index (χ3v) is 6.20. The number of nitrogens with zero attached hydrogens (tertiary/aromatic N) is 2. The number of fused-ring (bicyclic) bond motifs is 1. The third-order valence-electron chi connectivity index (χ3n) is 6.20. The van der Waals surface area contributed by atoms with E-state index in [4.69, 9.17) is 13.6 Å². The lowest BCUT2D eigenvalue weighted by Crippen LogP contribution is -2.52. The second-order valence-electron chi connectivity index (χ2n) is 8.37. The molecule has 1 N–H and O–H groups in total. The number of ether oxygens (including phenoxy) is 2. The molecule has 34 heavy (non-hydrogen) atoms. The van der Waals surface area contributed by atoms with Crippen molar-refractivity contribution >= 4 is 17.7 Å². The number of rotatable bonds is 6. The maximum Gasteiger partial charge on any atom is 0.255 e. The van der Waals surface area contributed by atoms with E-state index in [0.29, 0.717) is 38.4 Å². The van der Waals surface area contributed by atoms with Gasteiger partial charge in [0, 0.05) is 48.3 Å². The van der Waals surface area contributed by atoms with Crippen molar-refractivity contribution in [3.05, 3.63) is 64.5 Å². The van der Waals surface area contributed by atoms with E-state index in [0.717, 1.165) is 4.90 Å². The van der Waals surface area contributed by atoms with Gasteiger partial charge >= 0.3 is 0 Å². The van der Waals surface area contributed by atoms with Crippen LogP contribution in [-0.2, 0) is 34.0 Å². The minimum Gasteiger partial charge on any atom is -0.488 e. The lowest BCUT2D eigenvalue weighted by atomic mass is 10.0. The van der Waals surface area contributed by atoms with E-state index < -0.39 is 36.1 Å². The van der Waals surface area contributed by atoms with Crippen LogP contribution >= 0.6 is 0 Å². The summed E-state index contributed by atoms with van der Waals surface area (Å²) in [5.74, 6) is -2.70. The van der Waals surface area contributed by atoms with Crippen molar-refractivity contribution in [2.24, 2.45) is 0 Å². The molecule has 1 atom stereocenters. The molecule has 0 bridgehead atoms. The van der Waals surface area contributed by atoms with Crippen molar-refractivity contribution in [2.45, 2.75) is 38.5 Å². The summed E-state index contributed by atoms with van der Waals surface area (Å²) in [6.07, 6.45) is -0.239. The predicted octanol–water partition coefficient (Wildman–Crippen LogP) is 2.00. The fourth-order valence-corrected chi connectivity index (χ4v) is 4.37. The molecule has 2 aromatic rings. The van der Waals surface area contributed by atoms with Gasteiger partial charge in [-0.1, -0.05) is 24.3 Å². The monoisotopic (exact) mass is 470 g/mol. The summed E-state index contributed by atoms with van der Waals surface area (Å²) in [5.41, 5.74) is 0.503. The zero-order valence-electron chi connectivity index (χ0n) is 21.4. The number of carbonyl (C=O) groups is 3. The summed E-state index contributed by atoms with van der Waals surface area (Å²) in [7, 11) is 0. The summed E-state index contributed by atoms with van der Waals surface area (Å²) in [6.45, 7) is -0.0568. The second kappa shape index (κ2) is 9.52. The Morgan fingerprint density at radius 2 is 1.91 bits per heavy atom. The largest absolute Gasteiger partial charge is 0.488 e. The number of carbonyl (C=O) groups excluding carboxylic acids is 3. The number of piperidine rings is 1. The van der Waals surface area contributed by atoms with Crippen LogP contribution in [0.25, 0.3) is 0 Å². The van der Waals surface area contributed by atoms with Crippen LogP contribution in [0, 0.1) is 5.82 Å². The summed E-state index contributed by atoms with van der Waals surface area (Å²) in [4.78, 5) is 40.2. The van der Waals surface area contributed by atoms with E-state index in [-0.39, 0.29) is 41.8 Å². The van der Waals surface area contributed by atoms with Gasteiger partial charge in [0.15, 0.2) is 0 Å². The quantitative estimate of drug-likeness (QED) is 0.650. The lowest BCUT2D eigenvalue weighted by Gasteiger charge is -2.29. The van der Waals surface area contributed by atoms with E-state index >= 15 is 4.39 Å². The molecule has 0 aromatic heterocycles. The molecular weight excluding hydrogens is 441 g/mol. The number of halogens is 1. The Morgan fingerprint density at radius 3 is 2.71 bits per heavy atom. The van der Waals surface area contributed by atoms with E-state index in [1.165, 1.54) is 24.3 Å². The molecular formula is C25H26FN3O5. The van der Waals surface area contributed by atoms with Crippen molar-refractivity contribution in [1.82, 2.24) is 15.1 Å². The normalized spacial score (nSPS) is 24.8.